The molecule has 2 aliphatic heterocycles. The first kappa shape index (κ1) is 23.0. The molecule has 2 aliphatic carbocycles. The van der Waals surface area contributed by atoms with Gasteiger partial charge in [0, 0.05) is 11.8 Å². The van der Waals surface area contributed by atoms with Gasteiger partial charge in [0.05, 0.1) is 35.7 Å². The molecular formula is C25H40O6. The van der Waals surface area contributed by atoms with Crippen LogP contribution in [0.1, 0.15) is 93.4 Å². The average molecular weight is 437 g/mol. The van der Waals surface area contributed by atoms with E-state index in [-0.39, 0.29) is 47.5 Å². The fourth-order valence-electron chi connectivity index (χ4n) is 5.84. The second kappa shape index (κ2) is 7.44. The standard InChI is InChI=1S/C25H40O6/c1-15(21(27)31-22(2,3)16-10-11-24(6)19(13-16)29-24)12-20(26)30-23(4,5)17-8-9-18-25(7,14-17)28-18/h15-19H,8-14H2,1-7H3. The van der Waals surface area contributed by atoms with Crippen molar-refractivity contribution < 1.29 is 28.5 Å². The molecule has 4 fully saturated rings. The molecule has 2 heterocycles. The Morgan fingerprint density at radius 2 is 1.58 bits per heavy atom. The van der Waals surface area contributed by atoms with Crippen molar-refractivity contribution >= 4 is 11.9 Å². The zero-order chi connectivity index (χ0) is 22.8. The van der Waals surface area contributed by atoms with Gasteiger partial charge in [-0.3, -0.25) is 9.59 Å². The van der Waals surface area contributed by atoms with Crippen LogP contribution in [0.2, 0.25) is 0 Å². The topological polar surface area (TPSA) is 77.7 Å². The minimum atomic E-state index is -0.571. The molecule has 31 heavy (non-hydrogen) atoms. The Morgan fingerprint density at radius 3 is 2.23 bits per heavy atom. The number of rotatable bonds is 7. The van der Waals surface area contributed by atoms with E-state index in [0.717, 1.165) is 38.5 Å². The summed E-state index contributed by atoms with van der Waals surface area (Å²) in [6.07, 6.45) is 6.55. The number of ether oxygens (including phenoxy) is 4. The number of carbonyl (C=O) groups is 2. The van der Waals surface area contributed by atoms with Gasteiger partial charge in [-0.2, -0.15) is 0 Å². The van der Waals surface area contributed by atoms with Crippen LogP contribution in [-0.2, 0) is 28.5 Å². The molecule has 0 radical (unpaired) electrons. The van der Waals surface area contributed by atoms with Crippen molar-refractivity contribution in [3.8, 4) is 0 Å². The summed E-state index contributed by atoms with van der Waals surface area (Å²) in [5.41, 5.74) is -1.14. The predicted molar refractivity (Wildman–Crippen MR) is 115 cm³/mol. The summed E-state index contributed by atoms with van der Waals surface area (Å²) in [4.78, 5) is 25.4. The molecule has 176 valence electrons. The molecule has 0 N–H and O–H groups in total. The Bertz CT molecular complexity index is 744. The van der Waals surface area contributed by atoms with Gasteiger partial charge in [0.15, 0.2) is 0 Å². The van der Waals surface area contributed by atoms with Gasteiger partial charge in [-0.15, -0.1) is 0 Å². The first-order valence-electron chi connectivity index (χ1n) is 12.0. The number of esters is 2. The normalized spacial score (nSPS) is 40.2. The van der Waals surface area contributed by atoms with Crippen molar-refractivity contribution in [1.29, 1.82) is 0 Å². The van der Waals surface area contributed by atoms with E-state index in [1.807, 2.05) is 27.7 Å². The van der Waals surface area contributed by atoms with Crippen LogP contribution in [-0.4, -0.2) is 46.6 Å². The number of fused-ring (bicyclic) bond motifs is 2. The fraction of sp³-hybridized carbons (Fsp3) is 0.920. The second-order valence-electron chi connectivity index (χ2n) is 12.0. The smallest absolute Gasteiger partial charge is 0.309 e. The maximum absolute atomic E-state index is 12.8. The summed E-state index contributed by atoms with van der Waals surface area (Å²) < 4.78 is 23.4. The summed E-state index contributed by atoms with van der Waals surface area (Å²) in [6, 6.07) is 0. The number of epoxide rings is 2. The molecule has 0 aromatic rings. The zero-order valence-electron chi connectivity index (χ0n) is 20.3. The molecular weight excluding hydrogens is 396 g/mol. The van der Waals surface area contributed by atoms with Gasteiger partial charge in [0.1, 0.15) is 11.2 Å². The van der Waals surface area contributed by atoms with Gasteiger partial charge in [0.2, 0.25) is 0 Å². The molecule has 7 atom stereocenters. The Morgan fingerprint density at radius 1 is 0.935 bits per heavy atom. The highest BCUT2D eigenvalue weighted by Gasteiger charge is 2.59. The molecule has 6 heteroatoms. The molecule has 0 bridgehead atoms. The van der Waals surface area contributed by atoms with Gasteiger partial charge in [-0.05, 0) is 80.1 Å². The Labute approximate surface area is 186 Å². The van der Waals surface area contributed by atoms with Crippen molar-refractivity contribution in [1.82, 2.24) is 0 Å². The first-order chi connectivity index (χ1) is 14.2. The quantitative estimate of drug-likeness (QED) is 0.430. The average Bonchev–Trinajstić information content (AvgIpc) is 3.51. The van der Waals surface area contributed by atoms with E-state index in [2.05, 4.69) is 13.8 Å². The van der Waals surface area contributed by atoms with Crippen LogP contribution in [0.4, 0.5) is 0 Å². The van der Waals surface area contributed by atoms with E-state index >= 15 is 0 Å². The molecule has 6 nitrogen and oxygen atoms in total. The third kappa shape index (κ3) is 4.66. The molecule has 0 aromatic heterocycles. The maximum Gasteiger partial charge on any atom is 0.309 e. The molecule has 4 aliphatic rings. The van der Waals surface area contributed by atoms with Crippen LogP contribution < -0.4 is 0 Å². The van der Waals surface area contributed by atoms with Gasteiger partial charge < -0.3 is 18.9 Å². The largest absolute Gasteiger partial charge is 0.459 e. The number of carbonyl (C=O) groups excluding carboxylic acids is 2. The van der Waals surface area contributed by atoms with Crippen molar-refractivity contribution in [3.63, 3.8) is 0 Å². The second-order valence-corrected chi connectivity index (χ2v) is 12.0. The van der Waals surface area contributed by atoms with Crippen LogP contribution in [0.15, 0.2) is 0 Å². The molecule has 2 saturated carbocycles. The van der Waals surface area contributed by atoms with E-state index in [9.17, 15) is 9.59 Å². The fourth-order valence-corrected chi connectivity index (χ4v) is 5.84. The van der Waals surface area contributed by atoms with E-state index in [1.54, 1.807) is 6.92 Å². The lowest BCUT2D eigenvalue weighted by atomic mass is 9.74. The molecule has 7 unspecified atom stereocenters. The van der Waals surface area contributed by atoms with Crippen LogP contribution >= 0.6 is 0 Å². The Hall–Kier alpha value is -1.14. The zero-order valence-corrected chi connectivity index (χ0v) is 20.3. The van der Waals surface area contributed by atoms with Crippen molar-refractivity contribution in [3.05, 3.63) is 0 Å². The summed E-state index contributed by atoms with van der Waals surface area (Å²) in [6.45, 7) is 14.0. The highest BCUT2D eigenvalue weighted by atomic mass is 16.6. The van der Waals surface area contributed by atoms with Gasteiger partial charge in [-0.1, -0.05) is 6.92 Å². The molecule has 4 rings (SSSR count). The summed E-state index contributed by atoms with van der Waals surface area (Å²) >= 11 is 0. The lowest BCUT2D eigenvalue weighted by Crippen LogP contribution is -2.43. The Balaban J connectivity index is 1.25. The SMILES string of the molecule is CC(CC(=O)OC(C)(C)C1CCC2OC2(C)C1)C(=O)OC(C)(C)C1CCC2(C)OC2C1. The maximum atomic E-state index is 12.8. The monoisotopic (exact) mass is 436 g/mol. The first-order valence-corrected chi connectivity index (χ1v) is 12.0. The predicted octanol–water partition coefficient (Wildman–Crippen LogP) is 4.57. The van der Waals surface area contributed by atoms with Crippen LogP contribution in [0, 0.1) is 17.8 Å². The molecule has 0 amide bonds. The van der Waals surface area contributed by atoms with Gasteiger partial charge in [0.25, 0.3) is 0 Å². The molecule has 0 spiro atoms. The Kier molecular flexibility index (Phi) is 5.53. The van der Waals surface area contributed by atoms with E-state index in [4.69, 9.17) is 18.9 Å². The van der Waals surface area contributed by atoms with E-state index in [1.165, 1.54) is 0 Å². The lowest BCUT2D eigenvalue weighted by Gasteiger charge is -2.38. The minimum Gasteiger partial charge on any atom is -0.459 e. The lowest BCUT2D eigenvalue weighted by molar-refractivity contribution is -0.174. The van der Waals surface area contributed by atoms with Crippen LogP contribution in [0.3, 0.4) is 0 Å². The van der Waals surface area contributed by atoms with Gasteiger partial charge >= 0.3 is 11.9 Å². The molecule has 2 saturated heterocycles. The van der Waals surface area contributed by atoms with Crippen molar-refractivity contribution in [2.75, 3.05) is 0 Å². The highest BCUT2D eigenvalue weighted by Crippen LogP contribution is 2.53. The number of hydrogen-bond acceptors (Lipinski definition) is 6. The minimum absolute atomic E-state index is 0.0376. The number of hydrogen-bond donors (Lipinski definition) is 0. The van der Waals surface area contributed by atoms with Crippen LogP contribution in [0.5, 0.6) is 0 Å². The summed E-state index contributed by atoms with van der Waals surface area (Å²) in [5, 5.41) is 0. The van der Waals surface area contributed by atoms with Gasteiger partial charge in [-0.25, -0.2) is 0 Å². The summed E-state index contributed by atoms with van der Waals surface area (Å²) in [7, 11) is 0. The van der Waals surface area contributed by atoms with Crippen molar-refractivity contribution in [2.45, 2.75) is 128 Å². The van der Waals surface area contributed by atoms with Crippen molar-refractivity contribution in [2.24, 2.45) is 17.8 Å². The molecule has 0 aromatic carbocycles. The van der Waals surface area contributed by atoms with Crippen LogP contribution in [0.25, 0.3) is 0 Å². The van der Waals surface area contributed by atoms with E-state index < -0.39 is 17.1 Å². The third-order valence-electron chi connectivity index (χ3n) is 8.57. The third-order valence-corrected chi connectivity index (χ3v) is 8.57. The van der Waals surface area contributed by atoms with E-state index in [0.29, 0.717) is 6.10 Å². The summed E-state index contributed by atoms with van der Waals surface area (Å²) in [5.74, 6) is -0.659. The highest BCUT2D eigenvalue weighted by molar-refractivity contribution is 5.80.